The Kier molecular flexibility index (Phi) is 4.24. The lowest BCUT2D eigenvalue weighted by atomic mass is 9.84. The lowest BCUT2D eigenvalue weighted by Crippen LogP contribution is -2.20. The fourth-order valence-electron chi connectivity index (χ4n) is 1.15. The highest BCUT2D eigenvalue weighted by Gasteiger charge is 2.18. The van der Waals surface area contributed by atoms with E-state index in [4.69, 9.17) is 5.73 Å². The van der Waals surface area contributed by atoms with E-state index in [1.165, 1.54) is 19.3 Å². The summed E-state index contributed by atoms with van der Waals surface area (Å²) in [6.45, 7) is 8.63. The smallest absolute Gasteiger partial charge is 0.00945 e. The van der Waals surface area contributed by atoms with Gasteiger partial charge in [-0.3, -0.25) is 0 Å². The lowest BCUT2D eigenvalue weighted by molar-refractivity contribution is 0.387. The highest BCUT2D eigenvalue weighted by Crippen LogP contribution is 2.28. The average molecular weight is 155 g/mol. The van der Waals surface area contributed by atoms with Crippen LogP contribution in [0.2, 0.25) is 0 Å². The Labute approximate surface area is 70.7 Å². The van der Waals surface area contributed by atoms with Crippen LogP contribution in [0.4, 0.5) is 0 Å². The predicted molar refractivity (Wildman–Crippen MR) is 51.3 cm³/mol. The molecule has 2 N–H and O–H groups in total. The Morgan fingerprint density at radius 3 is 2.36 bits per heavy atom. The number of nitrogens with two attached hydrogens (primary N) is 1. The first-order valence-corrected chi connectivity index (χ1v) is 4.47. The van der Waals surface area contributed by atoms with Crippen LogP contribution in [0.1, 0.15) is 47.0 Å². The van der Waals surface area contributed by atoms with Crippen LogP contribution in [0.15, 0.2) is 11.8 Å². The minimum Gasteiger partial charge on any atom is -0.402 e. The summed E-state index contributed by atoms with van der Waals surface area (Å²) in [5.41, 5.74) is 7.07. The highest BCUT2D eigenvalue weighted by atomic mass is 14.6. The summed E-state index contributed by atoms with van der Waals surface area (Å²) in [6, 6.07) is 0. The van der Waals surface area contributed by atoms with Crippen molar-refractivity contribution in [2.45, 2.75) is 47.0 Å². The van der Waals surface area contributed by atoms with Crippen molar-refractivity contribution in [2.75, 3.05) is 0 Å². The zero-order valence-electron chi connectivity index (χ0n) is 8.28. The SMILES string of the molecule is C/C=C(\N)C(C)(C)CCCC. The van der Waals surface area contributed by atoms with Crippen molar-refractivity contribution < 1.29 is 0 Å². The van der Waals surface area contributed by atoms with E-state index in [9.17, 15) is 0 Å². The second kappa shape index (κ2) is 4.42. The van der Waals surface area contributed by atoms with E-state index in [0.717, 1.165) is 5.70 Å². The van der Waals surface area contributed by atoms with Crippen LogP contribution in [0.3, 0.4) is 0 Å². The zero-order valence-corrected chi connectivity index (χ0v) is 8.28. The molecule has 1 nitrogen and oxygen atoms in total. The van der Waals surface area contributed by atoms with E-state index in [0.29, 0.717) is 0 Å². The Hall–Kier alpha value is -0.460. The van der Waals surface area contributed by atoms with Crippen molar-refractivity contribution in [3.63, 3.8) is 0 Å². The van der Waals surface area contributed by atoms with Crippen LogP contribution in [-0.2, 0) is 0 Å². The third-order valence-corrected chi connectivity index (χ3v) is 2.25. The van der Waals surface area contributed by atoms with Gasteiger partial charge in [0.05, 0.1) is 0 Å². The van der Waals surface area contributed by atoms with Gasteiger partial charge in [0.15, 0.2) is 0 Å². The van der Waals surface area contributed by atoms with Gasteiger partial charge in [-0.1, -0.05) is 39.7 Å². The number of allylic oxidation sites excluding steroid dienone is 2. The molecule has 0 aromatic carbocycles. The topological polar surface area (TPSA) is 26.0 Å². The maximum atomic E-state index is 5.85. The summed E-state index contributed by atoms with van der Waals surface area (Å²) in [4.78, 5) is 0. The quantitative estimate of drug-likeness (QED) is 0.663. The summed E-state index contributed by atoms with van der Waals surface area (Å²) >= 11 is 0. The molecule has 0 bridgehead atoms. The molecule has 0 aliphatic carbocycles. The van der Waals surface area contributed by atoms with Crippen molar-refractivity contribution in [3.05, 3.63) is 11.8 Å². The first kappa shape index (κ1) is 10.5. The molecule has 0 atom stereocenters. The Morgan fingerprint density at radius 2 is 2.00 bits per heavy atom. The van der Waals surface area contributed by atoms with Gasteiger partial charge in [-0.05, 0) is 13.3 Å². The molecule has 1 heteroatoms. The van der Waals surface area contributed by atoms with Gasteiger partial charge in [0, 0.05) is 11.1 Å². The first-order valence-electron chi connectivity index (χ1n) is 4.47. The van der Waals surface area contributed by atoms with E-state index < -0.39 is 0 Å². The van der Waals surface area contributed by atoms with Crippen molar-refractivity contribution in [2.24, 2.45) is 11.1 Å². The van der Waals surface area contributed by atoms with Crippen LogP contribution in [-0.4, -0.2) is 0 Å². The Bertz CT molecular complexity index is 134. The highest BCUT2D eigenvalue weighted by molar-refractivity contribution is 5.05. The monoisotopic (exact) mass is 155 g/mol. The van der Waals surface area contributed by atoms with E-state index in [2.05, 4.69) is 20.8 Å². The minimum absolute atomic E-state index is 0.199. The maximum absolute atomic E-state index is 5.85. The molecule has 11 heavy (non-hydrogen) atoms. The molecule has 0 saturated carbocycles. The Balaban J connectivity index is 3.99. The largest absolute Gasteiger partial charge is 0.402 e. The number of hydrogen-bond donors (Lipinski definition) is 1. The third kappa shape index (κ3) is 3.45. The van der Waals surface area contributed by atoms with E-state index in [1.807, 2.05) is 13.0 Å². The molecule has 0 aromatic heterocycles. The molecular formula is C10H21N. The molecule has 0 amide bonds. The Morgan fingerprint density at radius 1 is 1.45 bits per heavy atom. The van der Waals surface area contributed by atoms with Crippen LogP contribution in [0.5, 0.6) is 0 Å². The lowest BCUT2D eigenvalue weighted by Gasteiger charge is -2.24. The van der Waals surface area contributed by atoms with E-state index in [-0.39, 0.29) is 5.41 Å². The molecule has 0 rings (SSSR count). The molecule has 0 aliphatic rings. The molecule has 66 valence electrons. The van der Waals surface area contributed by atoms with E-state index in [1.54, 1.807) is 0 Å². The normalized spacial score (nSPS) is 13.6. The molecule has 0 heterocycles. The van der Waals surface area contributed by atoms with Gasteiger partial charge in [0.1, 0.15) is 0 Å². The van der Waals surface area contributed by atoms with Crippen molar-refractivity contribution in [1.29, 1.82) is 0 Å². The van der Waals surface area contributed by atoms with Gasteiger partial charge in [-0.25, -0.2) is 0 Å². The summed E-state index contributed by atoms with van der Waals surface area (Å²) in [6.07, 6.45) is 5.72. The van der Waals surface area contributed by atoms with E-state index >= 15 is 0 Å². The standard InChI is InChI=1S/C10H21N/c1-5-7-8-10(3,4)9(11)6-2/h6H,5,7-8,11H2,1-4H3/b9-6-. The zero-order chi connectivity index (χ0) is 8.91. The maximum Gasteiger partial charge on any atom is 0.00945 e. The van der Waals surface area contributed by atoms with Crippen LogP contribution in [0.25, 0.3) is 0 Å². The molecule has 0 saturated heterocycles. The fourth-order valence-corrected chi connectivity index (χ4v) is 1.15. The average Bonchev–Trinajstić information content (AvgIpc) is 1.99. The van der Waals surface area contributed by atoms with Gasteiger partial charge in [0.2, 0.25) is 0 Å². The number of hydrogen-bond acceptors (Lipinski definition) is 1. The summed E-state index contributed by atoms with van der Waals surface area (Å²) < 4.78 is 0. The first-order chi connectivity index (χ1) is 5.04. The van der Waals surface area contributed by atoms with Gasteiger partial charge in [0.25, 0.3) is 0 Å². The number of unbranched alkanes of at least 4 members (excludes halogenated alkanes) is 1. The molecule has 0 radical (unpaired) electrons. The van der Waals surface area contributed by atoms with Crippen LogP contribution < -0.4 is 5.73 Å². The molecular weight excluding hydrogens is 134 g/mol. The second-order valence-corrected chi connectivity index (χ2v) is 3.73. The summed E-state index contributed by atoms with van der Waals surface area (Å²) in [5, 5.41) is 0. The van der Waals surface area contributed by atoms with Crippen molar-refractivity contribution >= 4 is 0 Å². The van der Waals surface area contributed by atoms with Crippen LogP contribution >= 0.6 is 0 Å². The fraction of sp³-hybridized carbons (Fsp3) is 0.800. The minimum atomic E-state index is 0.199. The van der Waals surface area contributed by atoms with Crippen molar-refractivity contribution in [3.8, 4) is 0 Å². The third-order valence-electron chi connectivity index (χ3n) is 2.25. The van der Waals surface area contributed by atoms with Gasteiger partial charge in [-0.2, -0.15) is 0 Å². The predicted octanol–water partition coefficient (Wildman–Crippen LogP) is 3.07. The second-order valence-electron chi connectivity index (χ2n) is 3.73. The van der Waals surface area contributed by atoms with Gasteiger partial charge >= 0.3 is 0 Å². The van der Waals surface area contributed by atoms with Gasteiger partial charge < -0.3 is 5.73 Å². The summed E-state index contributed by atoms with van der Waals surface area (Å²) in [5.74, 6) is 0. The molecule has 0 fully saturated rings. The molecule has 0 unspecified atom stereocenters. The molecule has 0 aromatic rings. The van der Waals surface area contributed by atoms with Gasteiger partial charge in [-0.15, -0.1) is 0 Å². The number of rotatable bonds is 4. The summed E-state index contributed by atoms with van der Waals surface area (Å²) in [7, 11) is 0. The van der Waals surface area contributed by atoms with Crippen LogP contribution in [0, 0.1) is 5.41 Å². The molecule has 0 spiro atoms. The van der Waals surface area contributed by atoms with Crippen molar-refractivity contribution in [1.82, 2.24) is 0 Å². The molecule has 0 aliphatic heterocycles.